The Hall–Kier alpha value is -1.35. The van der Waals surface area contributed by atoms with Gasteiger partial charge in [-0.05, 0) is 69.5 Å². The monoisotopic (exact) mass is 288 g/mol. The fraction of sp³-hybridized carbons (Fsp3) is 0.611. The standard InChI is InChI=1S/C18H28N2O/c1-13-5-3-4-6-17(13)11-14(2)20-18(21)16-9-7-15(12-19)8-10-16/h3-6,14-16H,7-12,19H2,1-2H3,(H,20,21). The zero-order valence-electron chi connectivity index (χ0n) is 13.3. The number of hydrogen-bond donors (Lipinski definition) is 2. The summed E-state index contributed by atoms with van der Waals surface area (Å²) < 4.78 is 0. The van der Waals surface area contributed by atoms with Crippen LogP contribution in [0.4, 0.5) is 0 Å². The average molecular weight is 288 g/mol. The molecule has 0 saturated heterocycles. The van der Waals surface area contributed by atoms with Crippen LogP contribution in [0.5, 0.6) is 0 Å². The lowest BCUT2D eigenvalue weighted by atomic mass is 9.81. The molecule has 0 heterocycles. The first-order valence-corrected chi connectivity index (χ1v) is 8.15. The molecule has 0 aliphatic heterocycles. The molecule has 0 radical (unpaired) electrons. The molecule has 1 aliphatic rings. The van der Waals surface area contributed by atoms with Crippen molar-refractivity contribution in [3.63, 3.8) is 0 Å². The number of carbonyl (C=O) groups is 1. The van der Waals surface area contributed by atoms with Gasteiger partial charge < -0.3 is 11.1 Å². The zero-order chi connectivity index (χ0) is 15.2. The first-order valence-electron chi connectivity index (χ1n) is 8.15. The normalized spacial score (nSPS) is 23.6. The molecule has 3 heteroatoms. The Kier molecular flexibility index (Phi) is 5.80. The van der Waals surface area contributed by atoms with Gasteiger partial charge in [-0.25, -0.2) is 0 Å². The minimum atomic E-state index is 0.186. The van der Waals surface area contributed by atoms with Crippen LogP contribution in [0.2, 0.25) is 0 Å². The second-order valence-electron chi connectivity index (χ2n) is 6.49. The quantitative estimate of drug-likeness (QED) is 0.875. The molecule has 3 N–H and O–H groups in total. The maximum absolute atomic E-state index is 12.3. The van der Waals surface area contributed by atoms with Crippen molar-refractivity contribution >= 4 is 5.91 Å². The van der Waals surface area contributed by atoms with Crippen LogP contribution in [0, 0.1) is 18.8 Å². The van der Waals surface area contributed by atoms with Crippen molar-refractivity contribution < 1.29 is 4.79 Å². The number of nitrogens with two attached hydrogens (primary N) is 1. The Morgan fingerprint density at radius 2 is 1.95 bits per heavy atom. The highest BCUT2D eigenvalue weighted by Gasteiger charge is 2.26. The fourth-order valence-corrected chi connectivity index (χ4v) is 3.24. The van der Waals surface area contributed by atoms with E-state index in [-0.39, 0.29) is 17.9 Å². The largest absolute Gasteiger partial charge is 0.353 e. The predicted octanol–water partition coefficient (Wildman–Crippen LogP) is 2.81. The smallest absolute Gasteiger partial charge is 0.223 e. The Morgan fingerprint density at radius 1 is 1.29 bits per heavy atom. The van der Waals surface area contributed by atoms with Crippen molar-refractivity contribution in [3.05, 3.63) is 35.4 Å². The summed E-state index contributed by atoms with van der Waals surface area (Å²) in [4.78, 5) is 12.3. The Bertz CT molecular complexity index is 464. The van der Waals surface area contributed by atoms with Crippen molar-refractivity contribution in [2.45, 2.75) is 52.0 Å². The molecule has 1 amide bonds. The van der Waals surface area contributed by atoms with Gasteiger partial charge in [0, 0.05) is 12.0 Å². The summed E-state index contributed by atoms with van der Waals surface area (Å²) >= 11 is 0. The molecule has 0 spiro atoms. The highest BCUT2D eigenvalue weighted by molar-refractivity contribution is 5.79. The van der Waals surface area contributed by atoms with Gasteiger partial charge >= 0.3 is 0 Å². The second kappa shape index (κ2) is 7.60. The molecule has 1 aliphatic carbocycles. The van der Waals surface area contributed by atoms with E-state index in [0.29, 0.717) is 5.92 Å². The van der Waals surface area contributed by atoms with Crippen LogP contribution in [-0.4, -0.2) is 18.5 Å². The average Bonchev–Trinajstić information content (AvgIpc) is 2.49. The van der Waals surface area contributed by atoms with Crippen molar-refractivity contribution in [3.8, 4) is 0 Å². The van der Waals surface area contributed by atoms with Crippen molar-refractivity contribution in [1.29, 1.82) is 0 Å². The lowest BCUT2D eigenvalue weighted by Gasteiger charge is -2.28. The van der Waals surface area contributed by atoms with Crippen molar-refractivity contribution in [2.24, 2.45) is 17.6 Å². The van der Waals surface area contributed by atoms with Crippen LogP contribution in [0.1, 0.15) is 43.7 Å². The summed E-state index contributed by atoms with van der Waals surface area (Å²) in [6, 6.07) is 8.57. The SMILES string of the molecule is Cc1ccccc1CC(C)NC(=O)C1CCC(CN)CC1. The number of aryl methyl sites for hydroxylation is 1. The number of hydrogen-bond acceptors (Lipinski definition) is 2. The van der Waals surface area contributed by atoms with Gasteiger partial charge in [-0.2, -0.15) is 0 Å². The fourth-order valence-electron chi connectivity index (χ4n) is 3.24. The molecule has 116 valence electrons. The summed E-state index contributed by atoms with van der Waals surface area (Å²) in [7, 11) is 0. The van der Waals surface area contributed by atoms with Crippen molar-refractivity contribution in [2.75, 3.05) is 6.54 Å². The number of carbonyl (C=O) groups excluding carboxylic acids is 1. The minimum absolute atomic E-state index is 0.186. The molecule has 1 fully saturated rings. The third kappa shape index (κ3) is 4.57. The molecule has 3 nitrogen and oxygen atoms in total. The molecule has 1 aromatic carbocycles. The minimum Gasteiger partial charge on any atom is -0.353 e. The molecule has 21 heavy (non-hydrogen) atoms. The summed E-state index contributed by atoms with van der Waals surface area (Å²) in [5.74, 6) is 1.04. The molecule has 1 aromatic rings. The zero-order valence-corrected chi connectivity index (χ0v) is 13.3. The summed E-state index contributed by atoms with van der Waals surface area (Å²) in [6.07, 6.45) is 5.08. The van der Waals surface area contributed by atoms with E-state index in [1.54, 1.807) is 0 Å². The molecular weight excluding hydrogens is 260 g/mol. The summed E-state index contributed by atoms with van der Waals surface area (Å²) in [6.45, 7) is 4.98. The molecule has 0 aromatic heterocycles. The Labute approximate surface area is 128 Å². The van der Waals surface area contributed by atoms with Crippen LogP contribution in [0.3, 0.4) is 0 Å². The molecule has 1 saturated carbocycles. The molecular formula is C18H28N2O. The van der Waals surface area contributed by atoms with E-state index in [2.05, 4.69) is 43.4 Å². The summed E-state index contributed by atoms with van der Waals surface area (Å²) in [5, 5.41) is 3.19. The van der Waals surface area contributed by atoms with Gasteiger partial charge in [0.05, 0.1) is 0 Å². The van der Waals surface area contributed by atoms with E-state index in [0.717, 1.165) is 38.6 Å². The van der Waals surface area contributed by atoms with Gasteiger partial charge in [-0.15, -0.1) is 0 Å². The number of nitrogens with one attached hydrogen (secondary N) is 1. The van der Waals surface area contributed by atoms with E-state index < -0.39 is 0 Å². The van der Waals surface area contributed by atoms with E-state index in [4.69, 9.17) is 5.73 Å². The van der Waals surface area contributed by atoms with E-state index in [1.807, 2.05) is 0 Å². The summed E-state index contributed by atoms with van der Waals surface area (Å²) in [5.41, 5.74) is 8.32. The van der Waals surface area contributed by atoms with Crippen LogP contribution in [-0.2, 0) is 11.2 Å². The topological polar surface area (TPSA) is 55.1 Å². The van der Waals surface area contributed by atoms with Gasteiger partial charge in [0.2, 0.25) is 5.91 Å². The van der Waals surface area contributed by atoms with E-state index in [1.165, 1.54) is 11.1 Å². The first kappa shape index (κ1) is 16.0. The van der Waals surface area contributed by atoms with Gasteiger partial charge in [-0.3, -0.25) is 4.79 Å². The lowest BCUT2D eigenvalue weighted by molar-refractivity contribution is -0.126. The van der Waals surface area contributed by atoms with Gasteiger partial charge in [0.1, 0.15) is 0 Å². The molecule has 1 unspecified atom stereocenters. The van der Waals surface area contributed by atoms with Gasteiger partial charge in [-0.1, -0.05) is 24.3 Å². The lowest BCUT2D eigenvalue weighted by Crippen LogP contribution is -2.40. The number of rotatable bonds is 5. The Morgan fingerprint density at radius 3 is 2.57 bits per heavy atom. The Balaban J connectivity index is 1.81. The van der Waals surface area contributed by atoms with Crippen LogP contribution in [0.15, 0.2) is 24.3 Å². The first-order chi connectivity index (χ1) is 10.1. The van der Waals surface area contributed by atoms with Crippen LogP contribution >= 0.6 is 0 Å². The highest BCUT2D eigenvalue weighted by Crippen LogP contribution is 2.28. The van der Waals surface area contributed by atoms with E-state index >= 15 is 0 Å². The molecule has 0 bridgehead atoms. The third-order valence-corrected chi connectivity index (χ3v) is 4.73. The molecule has 2 rings (SSSR count). The highest BCUT2D eigenvalue weighted by atomic mass is 16.1. The molecule has 1 atom stereocenters. The van der Waals surface area contributed by atoms with Crippen molar-refractivity contribution in [1.82, 2.24) is 5.32 Å². The number of benzene rings is 1. The number of amides is 1. The predicted molar refractivity (Wildman–Crippen MR) is 87.0 cm³/mol. The van der Waals surface area contributed by atoms with E-state index in [9.17, 15) is 4.79 Å². The third-order valence-electron chi connectivity index (χ3n) is 4.73. The van der Waals surface area contributed by atoms with Crippen LogP contribution in [0.25, 0.3) is 0 Å². The van der Waals surface area contributed by atoms with Gasteiger partial charge in [0.15, 0.2) is 0 Å². The maximum atomic E-state index is 12.3. The van der Waals surface area contributed by atoms with Crippen LogP contribution < -0.4 is 11.1 Å². The second-order valence-corrected chi connectivity index (χ2v) is 6.49. The van der Waals surface area contributed by atoms with Gasteiger partial charge in [0.25, 0.3) is 0 Å². The maximum Gasteiger partial charge on any atom is 0.223 e.